The van der Waals surface area contributed by atoms with E-state index < -0.39 is 23.0 Å². The van der Waals surface area contributed by atoms with Gasteiger partial charge in [-0.1, -0.05) is 0 Å². The highest BCUT2D eigenvalue weighted by molar-refractivity contribution is 5.94. The Morgan fingerprint density at radius 1 is 1.45 bits per heavy atom. The highest BCUT2D eigenvalue weighted by Gasteiger charge is 2.39. The van der Waals surface area contributed by atoms with Crippen LogP contribution in [0, 0.1) is 5.82 Å². The first-order chi connectivity index (χ1) is 9.46. The number of hydrogen-bond acceptors (Lipinski definition) is 3. The lowest BCUT2D eigenvalue weighted by Crippen LogP contribution is -2.42. The number of carbonyl (C=O) groups excluding carboxylic acids is 1. The van der Waals surface area contributed by atoms with Crippen molar-refractivity contribution < 1.29 is 23.8 Å². The number of amides is 1. The van der Waals surface area contributed by atoms with Crippen LogP contribution in [0.25, 0.3) is 0 Å². The minimum absolute atomic E-state index is 0.212. The monoisotopic (exact) mass is 281 g/mol. The second-order valence-corrected chi connectivity index (χ2v) is 4.97. The van der Waals surface area contributed by atoms with E-state index >= 15 is 0 Å². The minimum atomic E-state index is -1.37. The maximum absolute atomic E-state index is 13.2. The van der Waals surface area contributed by atoms with Crippen LogP contribution in [-0.2, 0) is 9.53 Å². The van der Waals surface area contributed by atoms with Gasteiger partial charge in [-0.25, -0.2) is 9.18 Å². The summed E-state index contributed by atoms with van der Waals surface area (Å²) in [5.41, 5.74) is -0.605. The third-order valence-corrected chi connectivity index (χ3v) is 3.66. The molecule has 1 amide bonds. The van der Waals surface area contributed by atoms with E-state index in [1.54, 1.807) is 7.11 Å². The zero-order chi connectivity index (χ0) is 14.8. The van der Waals surface area contributed by atoms with E-state index in [0.29, 0.717) is 0 Å². The number of hydrogen-bond donors (Lipinski definition) is 2. The molecule has 0 heterocycles. The minimum Gasteiger partial charge on any atom is -0.478 e. The summed E-state index contributed by atoms with van der Waals surface area (Å²) in [6.45, 7) is 0. The Kier molecular flexibility index (Phi) is 4.04. The summed E-state index contributed by atoms with van der Waals surface area (Å²) in [6, 6.07) is 3.46. The van der Waals surface area contributed by atoms with Crippen molar-refractivity contribution in [1.29, 1.82) is 0 Å². The molecule has 0 spiro atoms. The van der Waals surface area contributed by atoms with Gasteiger partial charge in [-0.15, -0.1) is 0 Å². The number of benzene rings is 1. The van der Waals surface area contributed by atoms with Gasteiger partial charge in [0.15, 0.2) is 0 Å². The van der Waals surface area contributed by atoms with Gasteiger partial charge < -0.3 is 15.2 Å². The number of nitrogens with one attached hydrogen (secondary N) is 1. The Labute approximate surface area is 115 Å². The van der Waals surface area contributed by atoms with Crippen molar-refractivity contribution in [3.63, 3.8) is 0 Å². The second kappa shape index (κ2) is 5.58. The summed E-state index contributed by atoms with van der Waals surface area (Å²) in [5, 5.41) is 11.4. The summed E-state index contributed by atoms with van der Waals surface area (Å²) in [7, 11) is 1.58. The highest BCUT2D eigenvalue weighted by Crippen LogP contribution is 2.38. The number of carboxylic acids is 1. The van der Waals surface area contributed by atoms with Gasteiger partial charge in [0.1, 0.15) is 5.82 Å². The van der Waals surface area contributed by atoms with Gasteiger partial charge in [0.2, 0.25) is 5.91 Å². The van der Waals surface area contributed by atoms with Crippen LogP contribution in [0.4, 0.5) is 10.1 Å². The molecule has 2 rings (SSSR count). The number of ether oxygens (including phenoxy) is 1. The Morgan fingerprint density at radius 2 is 2.15 bits per heavy atom. The fourth-order valence-corrected chi connectivity index (χ4v) is 2.29. The number of rotatable bonds is 5. The van der Waals surface area contributed by atoms with Crippen LogP contribution >= 0.6 is 0 Å². The van der Waals surface area contributed by atoms with Gasteiger partial charge in [-0.05, 0) is 37.5 Å². The number of aromatic carboxylic acids is 1. The average molecular weight is 281 g/mol. The van der Waals surface area contributed by atoms with Gasteiger partial charge >= 0.3 is 5.97 Å². The van der Waals surface area contributed by atoms with Crippen molar-refractivity contribution in [2.45, 2.75) is 31.3 Å². The van der Waals surface area contributed by atoms with E-state index in [0.717, 1.165) is 31.4 Å². The fourth-order valence-electron chi connectivity index (χ4n) is 2.29. The third kappa shape index (κ3) is 2.96. The second-order valence-electron chi connectivity index (χ2n) is 4.97. The number of anilines is 1. The highest BCUT2D eigenvalue weighted by atomic mass is 19.1. The molecule has 1 aromatic rings. The van der Waals surface area contributed by atoms with Crippen molar-refractivity contribution in [2.24, 2.45) is 0 Å². The molecule has 0 bridgehead atoms. The van der Waals surface area contributed by atoms with Gasteiger partial charge in [-0.3, -0.25) is 4.79 Å². The van der Waals surface area contributed by atoms with Crippen LogP contribution < -0.4 is 5.32 Å². The van der Waals surface area contributed by atoms with Crippen LogP contribution in [0.3, 0.4) is 0 Å². The van der Waals surface area contributed by atoms with Gasteiger partial charge in [-0.2, -0.15) is 0 Å². The molecule has 0 aromatic heterocycles. The summed E-state index contributed by atoms with van der Waals surface area (Å²) in [4.78, 5) is 22.7. The Balaban J connectivity index is 2.04. The molecule has 1 aliphatic rings. The summed E-state index contributed by atoms with van der Waals surface area (Å²) in [5.74, 6) is -2.47. The molecule has 1 saturated carbocycles. The number of methoxy groups -OCH3 is 1. The van der Waals surface area contributed by atoms with E-state index in [1.807, 2.05) is 0 Å². The SMILES string of the molecule is COC1(CC(=O)Nc2ccc(F)c(C(=O)O)c2)CCC1. The topological polar surface area (TPSA) is 75.6 Å². The van der Waals surface area contributed by atoms with Gasteiger partial charge in [0.25, 0.3) is 0 Å². The van der Waals surface area contributed by atoms with Crippen LogP contribution in [-0.4, -0.2) is 29.7 Å². The molecule has 0 radical (unpaired) electrons. The van der Waals surface area contributed by atoms with E-state index in [-0.39, 0.29) is 18.0 Å². The van der Waals surface area contributed by atoms with Crippen molar-refractivity contribution in [2.75, 3.05) is 12.4 Å². The quantitative estimate of drug-likeness (QED) is 0.869. The lowest BCUT2D eigenvalue weighted by Gasteiger charge is -2.39. The van der Waals surface area contributed by atoms with Crippen LogP contribution in [0.2, 0.25) is 0 Å². The van der Waals surface area contributed by atoms with E-state index in [9.17, 15) is 14.0 Å². The van der Waals surface area contributed by atoms with E-state index in [4.69, 9.17) is 9.84 Å². The molecule has 108 valence electrons. The molecule has 20 heavy (non-hydrogen) atoms. The maximum atomic E-state index is 13.2. The average Bonchev–Trinajstić information content (AvgIpc) is 2.36. The standard InChI is InChI=1S/C14H16FNO4/c1-20-14(5-2-6-14)8-12(17)16-9-3-4-11(15)10(7-9)13(18)19/h3-4,7H,2,5-6,8H2,1H3,(H,16,17)(H,18,19). The molecule has 2 N–H and O–H groups in total. The fraction of sp³-hybridized carbons (Fsp3) is 0.429. The molecule has 1 aromatic carbocycles. The lowest BCUT2D eigenvalue weighted by atomic mass is 9.77. The van der Waals surface area contributed by atoms with Crippen molar-refractivity contribution in [1.82, 2.24) is 0 Å². The molecule has 1 aliphatic carbocycles. The number of carbonyl (C=O) groups is 2. The zero-order valence-corrected chi connectivity index (χ0v) is 11.1. The molecule has 5 nitrogen and oxygen atoms in total. The molecular weight excluding hydrogens is 265 g/mol. The van der Waals surface area contributed by atoms with Crippen molar-refractivity contribution in [3.05, 3.63) is 29.6 Å². The first kappa shape index (κ1) is 14.5. The molecule has 1 fully saturated rings. The van der Waals surface area contributed by atoms with Gasteiger partial charge in [0.05, 0.1) is 17.6 Å². The first-order valence-electron chi connectivity index (χ1n) is 6.34. The van der Waals surface area contributed by atoms with Crippen LogP contribution in [0.5, 0.6) is 0 Å². The third-order valence-electron chi connectivity index (χ3n) is 3.66. The van der Waals surface area contributed by atoms with Gasteiger partial charge in [0, 0.05) is 12.8 Å². The molecule has 6 heteroatoms. The van der Waals surface area contributed by atoms with Crippen LogP contribution in [0.1, 0.15) is 36.0 Å². The molecule has 0 saturated heterocycles. The Morgan fingerprint density at radius 3 is 2.65 bits per heavy atom. The van der Waals surface area contributed by atoms with Crippen molar-refractivity contribution >= 4 is 17.6 Å². The smallest absolute Gasteiger partial charge is 0.338 e. The summed E-state index contributed by atoms with van der Waals surface area (Å²) >= 11 is 0. The molecule has 0 unspecified atom stereocenters. The molecular formula is C14H16FNO4. The largest absolute Gasteiger partial charge is 0.478 e. The Bertz CT molecular complexity index is 534. The Hall–Kier alpha value is -1.95. The molecule has 0 aliphatic heterocycles. The predicted octanol–water partition coefficient (Wildman–Crippen LogP) is 2.42. The lowest BCUT2D eigenvalue weighted by molar-refractivity contribution is -0.129. The summed E-state index contributed by atoms with van der Waals surface area (Å²) < 4.78 is 18.6. The maximum Gasteiger partial charge on any atom is 0.338 e. The first-order valence-corrected chi connectivity index (χ1v) is 6.34. The van der Waals surface area contributed by atoms with E-state index in [2.05, 4.69) is 5.32 Å². The number of carboxylic acid groups (broad SMARTS) is 1. The predicted molar refractivity (Wildman–Crippen MR) is 70.2 cm³/mol. The number of halogens is 1. The van der Waals surface area contributed by atoms with Crippen molar-refractivity contribution in [3.8, 4) is 0 Å². The zero-order valence-electron chi connectivity index (χ0n) is 11.1. The van der Waals surface area contributed by atoms with Crippen LogP contribution in [0.15, 0.2) is 18.2 Å². The normalized spacial score (nSPS) is 16.3. The molecule has 0 atom stereocenters. The van der Waals surface area contributed by atoms with E-state index in [1.165, 1.54) is 6.07 Å². The summed E-state index contributed by atoms with van der Waals surface area (Å²) in [6.07, 6.45) is 2.91.